The van der Waals surface area contributed by atoms with Gasteiger partial charge in [-0.25, -0.2) is 4.79 Å². The smallest absolute Gasteiger partial charge is 0.407 e. The Morgan fingerprint density at radius 1 is 0.464 bits per heavy atom. The fraction of sp³-hybridized carbons (Fsp3) is 0.829. The molecule has 1 heterocycles. The van der Waals surface area contributed by atoms with E-state index in [1.165, 1.54) is 82.8 Å². The molecule has 27 nitrogen and oxygen atoms in total. The molecule has 0 aromatic heterocycles. The summed E-state index contributed by atoms with van der Waals surface area (Å²) in [5, 5.41) is 37.1. The second-order valence-electron chi connectivity index (χ2n) is 30.3. The van der Waals surface area contributed by atoms with Crippen molar-refractivity contribution in [3.63, 3.8) is 0 Å². The maximum Gasteiger partial charge on any atom is 0.407 e. The van der Waals surface area contributed by atoms with Gasteiger partial charge in [0.05, 0.1) is 12.7 Å². The lowest BCUT2D eigenvalue weighted by Gasteiger charge is -2.41. The van der Waals surface area contributed by atoms with Gasteiger partial charge in [0.1, 0.15) is 72.1 Å². The molecule has 97 heavy (non-hydrogen) atoms. The van der Waals surface area contributed by atoms with Crippen LogP contribution in [-0.4, -0.2) is 256 Å². The number of carbonyl (C=O) groups excluding carboxylic acids is 12. The van der Waals surface area contributed by atoms with E-state index in [9.17, 15) is 48.6 Å². The lowest BCUT2D eigenvalue weighted by Crippen LogP contribution is -2.64. The lowest BCUT2D eigenvalue weighted by molar-refractivity contribution is -0.157. The molecule has 0 bridgehead atoms. The molecule has 1 aliphatic rings. The Balaban J connectivity index is 4.36. The van der Waals surface area contributed by atoms with E-state index in [-0.39, 0.29) is 55.8 Å². The van der Waals surface area contributed by atoms with E-state index in [2.05, 4.69) is 26.6 Å². The minimum absolute atomic E-state index is 0.0563. The van der Waals surface area contributed by atoms with Gasteiger partial charge in [-0.15, -0.1) is 0 Å². The average molecular weight is 1380 g/mol. The molecule has 1 saturated heterocycles. The summed E-state index contributed by atoms with van der Waals surface area (Å²) in [7, 11) is 9.62. The fourth-order valence-electron chi connectivity index (χ4n) is 12.1. The number of amides is 12. The van der Waals surface area contributed by atoms with Gasteiger partial charge in [0, 0.05) is 55.9 Å². The van der Waals surface area contributed by atoms with Crippen LogP contribution in [0.3, 0.4) is 0 Å². The monoisotopic (exact) mass is 1380 g/mol. The average Bonchev–Trinajstić information content (AvgIpc) is 0.807. The molecule has 7 N–H and O–H groups in total. The minimum Gasteiger partial charge on any atom is -0.444 e. The third kappa shape index (κ3) is 26.5. The summed E-state index contributed by atoms with van der Waals surface area (Å²) in [6, 6.07) is -14.7. The van der Waals surface area contributed by atoms with E-state index in [0.29, 0.717) is 38.6 Å². The Bertz CT molecular complexity index is 2630. The Morgan fingerprint density at radius 2 is 0.866 bits per heavy atom. The number of nitrogens with zero attached hydrogens (tertiary/aromatic N) is 7. The number of carbonyl (C=O) groups is 12. The molecule has 0 saturated carbocycles. The molecule has 0 radical (unpaired) electrons. The quantitative estimate of drug-likeness (QED) is 0.0795. The first kappa shape index (κ1) is 88.4. The standard InChI is InChI=1S/C70H128N12O15/c1-27-48-63(90)80(24)53(38-83)66(93)76(20)50(35-40(4)5)60(87)75-54(43(10)11)67(94)77(21)49(34-39(2)3)59(86)72-46(15)58(85)73-47(16)62(89)78(22)51(36-41(6)7)64(91)79(23)52(37-42(8)9)65(92)81(25)55(44(12)13)68(95)82(26)56(61(88)74-48)57(84)45(14)32-30-28-29-31-33-71-69(96)97-70(17,18)19/h39-57,83-84H,27-38H2,1-26H3,(H,71,96)(H,72,86)(H,73,85)(H,74,88)(H,75,87)/t45-,46+,47-,48+,49+,50+,51+,52+,53-,54+,55+,56+,57-/m1/s1. The van der Waals surface area contributed by atoms with Gasteiger partial charge in [-0.2, -0.15) is 0 Å². The number of nitrogens with one attached hydrogen (secondary N) is 5. The van der Waals surface area contributed by atoms with Crippen LogP contribution in [0.25, 0.3) is 0 Å². The topological polar surface area (TPSA) is 337 Å². The second-order valence-corrected chi connectivity index (χ2v) is 30.3. The van der Waals surface area contributed by atoms with Crippen molar-refractivity contribution in [2.75, 3.05) is 62.5 Å². The van der Waals surface area contributed by atoms with Crippen LogP contribution in [0.5, 0.6) is 0 Å². The Morgan fingerprint density at radius 3 is 1.32 bits per heavy atom. The fourth-order valence-corrected chi connectivity index (χ4v) is 12.1. The summed E-state index contributed by atoms with van der Waals surface area (Å²) in [5.74, 6) is -10.9. The van der Waals surface area contributed by atoms with Gasteiger partial charge in [-0.05, 0) is 121 Å². The van der Waals surface area contributed by atoms with Crippen molar-refractivity contribution in [3.8, 4) is 0 Å². The van der Waals surface area contributed by atoms with Crippen molar-refractivity contribution in [3.05, 3.63) is 0 Å². The van der Waals surface area contributed by atoms with Crippen molar-refractivity contribution in [1.29, 1.82) is 0 Å². The van der Waals surface area contributed by atoms with Gasteiger partial charge >= 0.3 is 6.09 Å². The van der Waals surface area contributed by atoms with Crippen molar-refractivity contribution < 1.29 is 72.5 Å². The predicted molar refractivity (Wildman–Crippen MR) is 372 cm³/mol. The van der Waals surface area contributed by atoms with Crippen LogP contribution in [0, 0.1) is 41.4 Å². The van der Waals surface area contributed by atoms with Crippen LogP contribution >= 0.6 is 0 Å². The predicted octanol–water partition coefficient (Wildman–Crippen LogP) is 4.14. The highest BCUT2D eigenvalue weighted by molar-refractivity contribution is 6.00. The van der Waals surface area contributed by atoms with Crippen LogP contribution in [0.1, 0.15) is 196 Å². The molecule has 12 amide bonds. The van der Waals surface area contributed by atoms with E-state index < -0.39 is 174 Å². The van der Waals surface area contributed by atoms with Gasteiger partial charge < -0.3 is 75.8 Å². The van der Waals surface area contributed by atoms with Gasteiger partial charge in [0.2, 0.25) is 65.0 Å². The van der Waals surface area contributed by atoms with E-state index in [1.54, 1.807) is 62.3 Å². The highest BCUT2D eigenvalue weighted by Gasteiger charge is 2.46. The summed E-state index contributed by atoms with van der Waals surface area (Å²) < 4.78 is 5.33. The molecule has 558 valence electrons. The molecule has 1 aliphatic heterocycles. The Labute approximate surface area is 580 Å². The van der Waals surface area contributed by atoms with E-state index in [4.69, 9.17) is 4.74 Å². The maximum absolute atomic E-state index is 15.4. The van der Waals surface area contributed by atoms with Crippen molar-refractivity contribution >= 4 is 71.1 Å². The summed E-state index contributed by atoms with van der Waals surface area (Å²) >= 11 is 0. The van der Waals surface area contributed by atoms with Gasteiger partial charge in [0.15, 0.2) is 0 Å². The van der Waals surface area contributed by atoms with Crippen LogP contribution in [0.2, 0.25) is 0 Å². The van der Waals surface area contributed by atoms with Crippen LogP contribution in [0.15, 0.2) is 0 Å². The van der Waals surface area contributed by atoms with Crippen molar-refractivity contribution in [2.45, 2.75) is 274 Å². The lowest BCUT2D eigenvalue weighted by atomic mass is 9.90. The van der Waals surface area contributed by atoms with Crippen molar-refractivity contribution in [1.82, 2.24) is 60.9 Å². The van der Waals surface area contributed by atoms with E-state index in [0.717, 1.165) is 14.7 Å². The normalized spacial score (nSPS) is 25.8. The SMILES string of the molecule is CC[C@@H]1NC(=O)[C@H]([C@H](O)[C@H](C)CCCCCCNC(=O)OC(C)(C)C)N(C)C(=O)[C@H](C(C)C)N(C)C(=O)[C@H](CC(C)C)N(C)C(=O)[C@H](CC(C)C)N(C)C(=O)[C@@H](C)NC(=O)[C@H](C)NC(=O)[C@H](CC(C)C)N(C)C(=O)[C@H](C(C)C)NC(=O)[C@H](CC(C)C)N(C)C(=O)[C@@H](CO)N(C)C1=O. The van der Waals surface area contributed by atoms with Gasteiger partial charge in [-0.1, -0.05) is 116 Å². The number of likely N-dealkylation sites (N-methyl/N-ethyl adjacent to an activating group) is 7. The maximum atomic E-state index is 15.4. The molecular formula is C70H128N12O15. The number of alkyl carbamates (subject to hydrolysis) is 1. The molecule has 0 unspecified atom stereocenters. The van der Waals surface area contributed by atoms with Crippen molar-refractivity contribution in [2.24, 2.45) is 41.4 Å². The second kappa shape index (κ2) is 40.4. The summed E-state index contributed by atoms with van der Waals surface area (Å²) in [4.78, 5) is 183. The van der Waals surface area contributed by atoms with Gasteiger partial charge in [-0.3, -0.25) is 52.7 Å². The van der Waals surface area contributed by atoms with E-state index >= 15 is 19.2 Å². The van der Waals surface area contributed by atoms with Gasteiger partial charge in [0.25, 0.3) is 0 Å². The molecule has 0 aliphatic carbocycles. The molecule has 1 rings (SSSR count). The van der Waals surface area contributed by atoms with Crippen LogP contribution < -0.4 is 26.6 Å². The zero-order valence-corrected chi connectivity index (χ0v) is 63.8. The number of aliphatic hydroxyl groups excluding tert-OH is 2. The minimum atomic E-state index is -1.71. The Kier molecular flexibility index (Phi) is 36.8. The Hall–Kier alpha value is -6.64. The molecule has 0 aromatic carbocycles. The van der Waals surface area contributed by atoms with E-state index in [1.807, 2.05) is 55.4 Å². The first-order chi connectivity index (χ1) is 44.7. The molecule has 1 fully saturated rings. The molecule has 27 heteroatoms. The highest BCUT2D eigenvalue weighted by atomic mass is 16.6. The summed E-state index contributed by atoms with van der Waals surface area (Å²) in [5.41, 5.74) is -0.661. The van der Waals surface area contributed by atoms with Crippen LogP contribution in [0.4, 0.5) is 4.79 Å². The number of rotatable bonds is 21. The molecule has 13 atom stereocenters. The first-order valence-electron chi connectivity index (χ1n) is 35.1. The largest absolute Gasteiger partial charge is 0.444 e. The number of unbranched alkanes of at least 4 members (excludes halogenated alkanes) is 3. The molecular weight excluding hydrogens is 1250 g/mol. The number of hydrogen-bond acceptors (Lipinski definition) is 15. The third-order valence-electron chi connectivity index (χ3n) is 18.1. The molecule has 0 spiro atoms. The van der Waals surface area contributed by atoms with Crippen LogP contribution in [-0.2, 0) is 57.5 Å². The number of ether oxygens (including phenoxy) is 1. The summed E-state index contributed by atoms with van der Waals surface area (Å²) in [6.07, 6.45) is 1.17. The number of hydrogen-bond donors (Lipinski definition) is 7. The zero-order chi connectivity index (χ0) is 75.2. The first-order valence-corrected chi connectivity index (χ1v) is 35.1. The zero-order valence-electron chi connectivity index (χ0n) is 63.8. The number of aliphatic hydroxyl groups is 2. The highest BCUT2D eigenvalue weighted by Crippen LogP contribution is 2.27. The summed E-state index contributed by atoms with van der Waals surface area (Å²) in [6.45, 7) is 32.5. The molecule has 0 aromatic rings. The third-order valence-corrected chi connectivity index (χ3v) is 18.1.